The number of para-hydroxylation sites is 1. The van der Waals surface area contributed by atoms with E-state index in [-0.39, 0.29) is 0 Å². The van der Waals surface area contributed by atoms with Crippen LogP contribution >= 0.6 is 11.3 Å². The second-order valence-corrected chi connectivity index (χ2v) is 6.46. The number of hydrogen-bond acceptors (Lipinski definition) is 5. The Morgan fingerprint density at radius 3 is 2.95 bits per heavy atom. The van der Waals surface area contributed by atoms with E-state index in [9.17, 15) is 0 Å². The Bertz CT molecular complexity index is 824. The van der Waals surface area contributed by atoms with Crippen LogP contribution in [0, 0.1) is 6.92 Å². The maximum absolute atomic E-state index is 4.72. The van der Waals surface area contributed by atoms with Gasteiger partial charge in [0.15, 0.2) is 0 Å². The van der Waals surface area contributed by atoms with E-state index in [1.54, 1.807) is 11.3 Å². The molecule has 21 heavy (non-hydrogen) atoms. The summed E-state index contributed by atoms with van der Waals surface area (Å²) in [5, 5.41) is 4.22. The number of thiophene rings is 1. The van der Waals surface area contributed by atoms with Crippen LogP contribution in [0.1, 0.15) is 10.4 Å². The van der Waals surface area contributed by atoms with Gasteiger partial charge in [-0.15, -0.1) is 11.3 Å². The molecule has 106 valence electrons. The molecule has 0 fully saturated rings. The van der Waals surface area contributed by atoms with Crippen molar-refractivity contribution in [2.24, 2.45) is 0 Å². The van der Waals surface area contributed by atoms with E-state index in [4.69, 9.17) is 4.98 Å². The molecule has 3 aromatic rings. The van der Waals surface area contributed by atoms with E-state index in [0.717, 1.165) is 29.0 Å². The van der Waals surface area contributed by atoms with E-state index < -0.39 is 0 Å². The van der Waals surface area contributed by atoms with Crippen molar-refractivity contribution in [2.75, 3.05) is 23.8 Å². The van der Waals surface area contributed by atoms with E-state index in [1.165, 1.54) is 16.1 Å². The Kier molecular flexibility index (Phi) is 2.82. The molecule has 0 unspecified atom stereocenters. The summed E-state index contributed by atoms with van der Waals surface area (Å²) in [5.41, 5.74) is 2.66. The molecular formula is C16H16N4S. The summed E-state index contributed by atoms with van der Waals surface area (Å²) in [5.74, 6) is 1.70. The molecule has 0 atom stereocenters. The molecule has 1 aliphatic heterocycles. The lowest BCUT2D eigenvalue weighted by atomic mass is 10.2. The third-order valence-corrected chi connectivity index (χ3v) is 4.81. The smallest absolute Gasteiger partial charge is 0.225 e. The first-order chi connectivity index (χ1) is 10.3. The van der Waals surface area contributed by atoms with Crippen molar-refractivity contribution in [1.29, 1.82) is 0 Å². The Labute approximate surface area is 127 Å². The molecule has 1 N–H and O–H groups in total. The molecule has 2 aromatic heterocycles. The molecule has 0 saturated carbocycles. The maximum Gasteiger partial charge on any atom is 0.225 e. The average molecular weight is 296 g/mol. The Hall–Kier alpha value is -2.14. The van der Waals surface area contributed by atoms with Crippen LogP contribution in [0.4, 0.5) is 17.5 Å². The second-order valence-electron chi connectivity index (χ2n) is 5.23. The molecule has 0 amide bonds. The third-order valence-electron chi connectivity index (χ3n) is 3.86. The topological polar surface area (TPSA) is 41.1 Å². The molecule has 0 bridgehead atoms. The lowest BCUT2D eigenvalue weighted by Crippen LogP contribution is -2.16. The van der Waals surface area contributed by atoms with E-state index in [0.29, 0.717) is 5.95 Å². The van der Waals surface area contributed by atoms with E-state index in [1.807, 2.05) is 7.05 Å². The summed E-state index contributed by atoms with van der Waals surface area (Å²) in [6, 6.07) is 10.8. The molecule has 0 aliphatic carbocycles. The lowest BCUT2D eigenvalue weighted by molar-refractivity contribution is 0.976. The first kappa shape index (κ1) is 12.6. The van der Waals surface area contributed by atoms with Gasteiger partial charge in [-0.2, -0.15) is 4.98 Å². The zero-order valence-electron chi connectivity index (χ0n) is 12.1. The van der Waals surface area contributed by atoms with Gasteiger partial charge < -0.3 is 10.2 Å². The van der Waals surface area contributed by atoms with Gasteiger partial charge in [-0.1, -0.05) is 18.2 Å². The van der Waals surface area contributed by atoms with Gasteiger partial charge in [0.05, 0.1) is 5.39 Å². The first-order valence-electron chi connectivity index (χ1n) is 7.07. The summed E-state index contributed by atoms with van der Waals surface area (Å²) in [6.45, 7) is 3.09. The van der Waals surface area contributed by atoms with Gasteiger partial charge in [-0.25, -0.2) is 4.98 Å². The number of hydrogen-bond donors (Lipinski definition) is 1. The number of aromatic nitrogens is 2. The zero-order chi connectivity index (χ0) is 14.4. The van der Waals surface area contributed by atoms with Crippen molar-refractivity contribution >= 4 is 39.0 Å². The summed E-state index contributed by atoms with van der Waals surface area (Å²) < 4.78 is 0. The van der Waals surface area contributed by atoms with Crippen molar-refractivity contribution in [1.82, 2.24) is 9.97 Å². The van der Waals surface area contributed by atoms with Crippen LogP contribution in [0.2, 0.25) is 0 Å². The van der Waals surface area contributed by atoms with Crippen LogP contribution in [-0.2, 0) is 6.42 Å². The molecule has 0 spiro atoms. The third kappa shape index (κ3) is 1.96. The molecule has 5 heteroatoms. The fourth-order valence-electron chi connectivity index (χ4n) is 2.90. The summed E-state index contributed by atoms with van der Waals surface area (Å²) in [6.07, 6.45) is 1.07. The van der Waals surface area contributed by atoms with Crippen molar-refractivity contribution < 1.29 is 0 Å². The molecule has 4 nitrogen and oxygen atoms in total. The highest BCUT2D eigenvalue weighted by molar-refractivity contribution is 7.18. The Balaban J connectivity index is 1.94. The summed E-state index contributed by atoms with van der Waals surface area (Å²) in [7, 11) is 1.86. The fourth-order valence-corrected chi connectivity index (χ4v) is 3.78. The van der Waals surface area contributed by atoms with Crippen LogP contribution in [0.5, 0.6) is 0 Å². The second kappa shape index (κ2) is 4.70. The van der Waals surface area contributed by atoms with Crippen LogP contribution < -0.4 is 10.2 Å². The van der Waals surface area contributed by atoms with Gasteiger partial charge in [0.25, 0.3) is 0 Å². The number of rotatable bonds is 2. The van der Waals surface area contributed by atoms with Gasteiger partial charge in [-0.3, -0.25) is 0 Å². The van der Waals surface area contributed by atoms with Gasteiger partial charge in [-0.05, 0) is 31.0 Å². The van der Waals surface area contributed by atoms with Crippen molar-refractivity contribution in [3.05, 3.63) is 40.8 Å². The highest BCUT2D eigenvalue weighted by Crippen LogP contribution is 2.39. The average Bonchev–Trinajstić information content (AvgIpc) is 3.08. The predicted molar refractivity (Wildman–Crippen MR) is 88.9 cm³/mol. The number of nitrogens with one attached hydrogen (secondary N) is 1. The minimum absolute atomic E-state index is 0.684. The molecule has 3 heterocycles. The highest BCUT2D eigenvalue weighted by Gasteiger charge is 2.24. The first-order valence-corrected chi connectivity index (χ1v) is 7.89. The number of anilines is 3. The van der Waals surface area contributed by atoms with Gasteiger partial charge >= 0.3 is 0 Å². The van der Waals surface area contributed by atoms with Crippen LogP contribution in [-0.4, -0.2) is 23.6 Å². The zero-order valence-corrected chi connectivity index (χ0v) is 12.9. The number of aryl methyl sites for hydroxylation is 1. The largest absolute Gasteiger partial charge is 0.357 e. The number of fused-ring (bicyclic) bond motifs is 2. The van der Waals surface area contributed by atoms with Crippen LogP contribution in [0.3, 0.4) is 0 Å². The van der Waals surface area contributed by atoms with Gasteiger partial charge in [0, 0.05) is 24.2 Å². The maximum atomic E-state index is 4.72. The minimum Gasteiger partial charge on any atom is -0.357 e. The lowest BCUT2D eigenvalue weighted by Gasteiger charge is -2.19. The van der Waals surface area contributed by atoms with Crippen LogP contribution in [0.15, 0.2) is 30.3 Å². The molecule has 4 rings (SSSR count). The number of benzene rings is 1. The standard InChI is InChI=1S/C16H16N4S/c1-10-9-12-14(18-16(17-2)19-15(12)21-10)20-8-7-11-5-3-4-6-13(11)20/h3-6,9H,7-8H2,1-2H3,(H,17,18,19). The highest BCUT2D eigenvalue weighted by atomic mass is 32.1. The monoisotopic (exact) mass is 296 g/mol. The molecular weight excluding hydrogens is 280 g/mol. The van der Waals surface area contributed by atoms with Crippen LogP contribution in [0.25, 0.3) is 10.2 Å². The Morgan fingerprint density at radius 1 is 1.24 bits per heavy atom. The van der Waals surface area contributed by atoms with Crippen molar-refractivity contribution in [3.63, 3.8) is 0 Å². The van der Waals surface area contributed by atoms with E-state index in [2.05, 4.69) is 52.5 Å². The Morgan fingerprint density at radius 2 is 2.10 bits per heavy atom. The van der Waals surface area contributed by atoms with Gasteiger partial charge in [0.1, 0.15) is 10.6 Å². The predicted octanol–water partition coefficient (Wildman–Crippen LogP) is 3.74. The van der Waals surface area contributed by atoms with Crippen molar-refractivity contribution in [3.8, 4) is 0 Å². The minimum atomic E-state index is 0.684. The van der Waals surface area contributed by atoms with E-state index >= 15 is 0 Å². The summed E-state index contributed by atoms with van der Waals surface area (Å²) >= 11 is 1.72. The molecule has 1 aromatic carbocycles. The molecule has 0 saturated heterocycles. The quantitative estimate of drug-likeness (QED) is 0.782. The van der Waals surface area contributed by atoms with Gasteiger partial charge in [0.2, 0.25) is 5.95 Å². The number of nitrogens with zero attached hydrogens (tertiary/aromatic N) is 3. The molecule has 0 radical (unpaired) electrons. The summed E-state index contributed by atoms with van der Waals surface area (Å²) in [4.78, 5) is 13.9. The normalized spacial score (nSPS) is 13.7. The fraction of sp³-hybridized carbons (Fsp3) is 0.250. The van der Waals surface area contributed by atoms with Crippen molar-refractivity contribution in [2.45, 2.75) is 13.3 Å². The SMILES string of the molecule is CNc1nc(N2CCc3ccccc32)c2cc(C)sc2n1. The molecule has 1 aliphatic rings.